The number of nitrogens with one attached hydrogen (secondary N) is 1. The predicted octanol–water partition coefficient (Wildman–Crippen LogP) is 3.35. The average molecular weight is 276 g/mol. The molecule has 0 aliphatic carbocycles. The molecule has 0 saturated heterocycles. The minimum atomic E-state index is 0.301. The number of ether oxygens (including phenoxy) is 1. The quantitative estimate of drug-likeness (QED) is 0.878. The Balaban J connectivity index is 1.82. The molecule has 1 aromatic carbocycles. The van der Waals surface area contributed by atoms with Gasteiger partial charge in [0.15, 0.2) is 0 Å². The van der Waals surface area contributed by atoms with Gasteiger partial charge in [0.25, 0.3) is 0 Å². The van der Waals surface area contributed by atoms with Gasteiger partial charge in [-0.2, -0.15) is 0 Å². The molecule has 0 amide bonds. The van der Waals surface area contributed by atoms with Crippen LogP contribution in [0.2, 0.25) is 0 Å². The van der Waals surface area contributed by atoms with Crippen molar-refractivity contribution >= 4 is 11.3 Å². The Hall–Kier alpha value is -1.39. The highest BCUT2D eigenvalue weighted by Gasteiger charge is 2.07. The fourth-order valence-electron chi connectivity index (χ4n) is 1.94. The molecule has 3 nitrogen and oxygen atoms in total. The lowest BCUT2D eigenvalue weighted by Gasteiger charge is -2.11. The summed E-state index contributed by atoms with van der Waals surface area (Å²) in [5.74, 6) is 0.917. The summed E-state index contributed by atoms with van der Waals surface area (Å²) in [6.45, 7) is 5.13. The third kappa shape index (κ3) is 4.04. The van der Waals surface area contributed by atoms with Gasteiger partial charge in [0, 0.05) is 11.4 Å². The Morgan fingerprint density at radius 3 is 2.95 bits per heavy atom. The number of thiazole rings is 1. The van der Waals surface area contributed by atoms with Gasteiger partial charge >= 0.3 is 0 Å². The molecule has 1 aromatic heterocycles. The minimum Gasteiger partial charge on any atom is -0.497 e. The zero-order chi connectivity index (χ0) is 13.7. The Labute approximate surface area is 118 Å². The molecule has 0 radical (unpaired) electrons. The van der Waals surface area contributed by atoms with Gasteiger partial charge in [-0.25, -0.2) is 4.98 Å². The van der Waals surface area contributed by atoms with E-state index in [0.29, 0.717) is 6.04 Å². The third-order valence-electron chi connectivity index (χ3n) is 3.08. The maximum Gasteiger partial charge on any atom is 0.119 e. The van der Waals surface area contributed by atoms with Gasteiger partial charge in [-0.1, -0.05) is 12.1 Å². The van der Waals surface area contributed by atoms with Gasteiger partial charge in [0.1, 0.15) is 5.75 Å². The number of aryl methyl sites for hydroxylation is 1. The molecule has 0 aliphatic heterocycles. The second-order valence-corrected chi connectivity index (χ2v) is 5.63. The average Bonchev–Trinajstić information content (AvgIpc) is 2.86. The Morgan fingerprint density at radius 2 is 2.26 bits per heavy atom. The lowest BCUT2D eigenvalue weighted by Crippen LogP contribution is -2.21. The number of rotatable bonds is 6. The van der Waals surface area contributed by atoms with Gasteiger partial charge in [0.2, 0.25) is 0 Å². The van der Waals surface area contributed by atoms with Crippen LogP contribution in [0.4, 0.5) is 0 Å². The second-order valence-electron chi connectivity index (χ2n) is 4.57. The molecule has 1 N–H and O–H groups in total. The molecule has 0 fully saturated rings. The topological polar surface area (TPSA) is 34.1 Å². The van der Waals surface area contributed by atoms with Crippen LogP contribution in [-0.2, 0) is 6.42 Å². The molecular weight excluding hydrogens is 256 g/mol. The normalized spacial score (nSPS) is 12.4. The van der Waals surface area contributed by atoms with Crippen molar-refractivity contribution in [1.29, 1.82) is 0 Å². The number of methoxy groups -OCH3 is 1. The Morgan fingerprint density at radius 1 is 1.42 bits per heavy atom. The monoisotopic (exact) mass is 276 g/mol. The molecule has 1 heterocycles. The van der Waals surface area contributed by atoms with Crippen molar-refractivity contribution in [1.82, 2.24) is 10.3 Å². The minimum absolute atomic E-state index is 0.301. The van der Waals surface area contributed by atoms with Gasteiger partial charge in [-0.15, -0.1) is 11.3 Å². The van der Waals surface area contributed by atoms with Crippen LogP contribution < -0.4 is 10.1 Å². The van der Waals surface area contributed by atoms with Crippen molar-refractivity contribution in [3.05, 3.63) is 45.9 Å². The van der Waals surface area contributed by atoms with E-state index in [9.17, 15) is 0 Å². The number of hydrogen-bond acceptors (Lipinski definition) is 4. The van der Waals surface area contributed by atoms with Gasteiger partial charge in [-0.3, -0.25) is 0 Å². The fourth-order valence-corrected chi connectivity index (χ4v) is 2.65. The summed E-state index contributed by atoms with van der Waals surface area (Å²) in [6.07, 6.45) is 0.991. The van der Waals surface area contributed by atoms with E-state index in [0.717, 1.165) is 29.4 Å². The van der Waals surface area contributed by atoms with Crippen LogP contribution in [0.5, 0.6) is 5.75 Å². The van der Waals surface area contributed by atoms with Crippen molar-refractivity contribution in [2.75, 3.05) is 13.7 Å². The van der Waals surface area contributed by atoms with Crippen LogP contribution >= 0.6 is 11.3 Å². The van der Waals surface area contributed by atoms with E-state index in [-0.39, 0.29) is 0 Å². The Bertz CT molecular complexity index is 524. The van der Waals surface area contributed by atoms with Gasteiger partial charge in [0.05, 0.1) is 17.8 Å². The highest BCUT2D eigenvalue weighted by Crippen LogP contribution is 2.16. The largest absolute Gasteiger partial charge is 0.497 e. The van der Waals surface area contributed by atoms with E-state index < -0.39 is 0 Å². The van der Waals surface area contributed by atoms with Crippen molar-refractivity contribution in [3.8, 4) is 5.75 Å². The van der Waals surface area contributed by atoms with Crippen LogP contribution in [0, 0.1) is 6.92 Å². The van der Waals surface area contributed by atoms with Crippen LogP contribution in [0.3, 0.4) is 0 Å². The number of aromatic nitrogens is 1. The van der Waals surface area contributed by atoms with Crippen molar-refractivity contribution in [3.63, 3.8) is 0 Å². The molecule has 0 bridgehead atoms. The van der Waals surface area contributed by atoms with Crippen molar-refractivity contribution < 1.29 is 4.74 Å². The van der Waals surface area contributed by atoms with Crippen molar-refractivity contribution in [2.45, 2.75) is 26.3 Å². The molecule has 1 atom stereocenters. The van der Waals surface area contributed by atoms with E-state index in [2.05, 4.69) is 34.7 Å². The third-order valence-corrected chi connectivity index (χ3v) is 3.87. The number of benzene rings is 1. The Kier molecular flexibility index (Phi) is 4.93. The van der Waals surface area contributed by atoms with E-state index in [1.807, 2.05) is 19.1 Å². The molecule has 2 aromatic rings. The SMILES string of the molecule is COc1cccc(CCNC(C)c2csc(C)n2)c1. The molecular formula is C15H20N2OS. The van der Waals surface area contributed by atoms with Gasteiger partial charge in [-0.05, 0) is 44.5 Å². The lowest BCUT2D eigenvalue weighted by molar-refractivity contribution is 0.414. The summed E-state index contributed by atoms with van der Waals surface area (Å²) in [4.78, 5) is 4.50. The molecule has 2 rings (SSSR count). The number of hydrogen-bond donors (Lipinski definition) is 1. The van der Waals surface area contributed by atoms with E-state index in [4.69, 9.17) is 4.74 Å². The standard InChI is InChI=1S/C15H20N2OS/c1-11(15-10-19-12(2)17-15)16-8-7-13-5-4-6-14(9-13)18-3/h4-6,9-11,16H,7-8H2,1-3H3. The summed E-state index contributed by atoms with van der Waals surface area (Å²) in [6, 6.07) is 8.51. The first-order valence-corrected chi connectivity index (χ1v) is 7.35. The van der Waals surface area contributed by atoms with Crippen LogP contribution in [0.1, 0.15) is 29.2 Å². The second kappa shape index (κ2) is 6.68. The molecule has 19 heavy (non-hydrogen) atoms. The van der Waals surface area contributed by atoms with Crippen LogP contribution in [-0.4, -0.2) is 18.6 Å². The zero-order valence-electron chi connectivity index (χ0n) is 11.6. The van der Waals surface area contributed by atoms with Gasteiger partial charge < -0.3 is 10.1 Å². The van der Waals surface area contributed by atoms with E-state index >= 15 is 0 Å². The maximum absolute atomic E-state index is 5.23. The summed E-state index contributed by atoms with van der Waals surface area (Å²) in [5, 5.41) is 6.75. The smallest absolute Gasteiger partial charge is 0.119 e. The summed E-state index contributed by atoms with van der Waals surface area (Å²) in [7, 11) is 1.70. The first-order chi connectivity index (χ1) is 9.19. The molecule has 0 spiro atoms. The molecule has 102 valence electrons. The highest BCUT2D eigenvalue weighted by atomic mass is 32.1. The lowest BCUT2D eigenvalue weighted by atomic mass is 10.1. The molecule has 0 aliphatic rings. The predicted molar refractivity (Wildman–Crippen MR) is 80.0 cm³/mol. The maximum atomic E-state index is 5.23. The van der Waals surface area contributed by atoms with Crippen molar-refractivity contribution in [2.24, 2.45) is 0 Å². The summed E-state index contributed by atoms with van der Waals surface area (Å²) >= 11 is 1.70. The molecule has 0 saturated carbocycles. The molecule has 1 unspecified atom stereocenters. The van der Waals surface area contributed by atoms with Crippen LogP contribution in [0.25, 0.3) is 0 Å². The van der Waals surface area contributed by atoms with E-state index in [1.54, 1.807) is 18.4 Å². The molecule has 4 heteroatoms. The summed E-state index contributed by atoms with van der Waals surface area (Å²) in [5.41, 5.74) is 2.42. The first kappa shape index (κ1) is 14.0. The van der Waals surface area contributed by atoms with Crippen LogP contribution in [0.15, 0.2) is 29.6 Å². The first-order valence-electron chi connectivity index (χ1n) is 6.47. The fraction of sp³-hybridized carbons (Fsp3) is 0.400. The van der Waals surface area contributed by atoms with E-state index in [1.165, 1.54) is 5.56 Å². The zero-order valence-corrected chi connectivity index (χ0v) is 12.5. The summed E-state index contributed by atoms with van der Waals surface area (Å²) < 4.78 is 5.23. The highest BCUT2D eigenvalue weighted by molar-refractivity contribution is 7.09. The number of nitrogens with zero attached hydrogens (tertiary/aromatic N) is 1.